The van der Waals surface area contributed by atoms with E-state index in [1.165, 1.54) is 11.1 Å². The van der Waals surface area contributed by atoms with Crippen molar-refractivity contribution in [3.63, 3.8) is 0 Å². The number of benzene rings is 1. The monoisotopic (exact) mass is 345 g/mol. The molecule has 1 aliphatic carbocycles. The van der Waals surface area contributed by atoms with Crippen molar-refractivity contribution in [2.24, 2.45) is 0 Å². The minimum absolute atomic E-state index is 0.0279. The second-order valence-corrected chi connectivity index (χ2v) is 7.37. The van der Waals surface area contributed by atoms with Crippen molar-refractivity contribution < 1.29 is 9.90 Å². The Bertz CT molecular complexity index is 701. The van der Waals surface area contributed by atoms with Gasteiger partial charge in [0.2, 0.25) is 0 Å². The number of aliphatic hydroxyl groups is 1. The van der Waals surface area contributed by atoms with Crippen LogP contribution in [0.4, 0.5) is 4.79 Å². The number of carbonyl (C=O) groups excluding carboxylic acids is 1. The van der Waals surface area contributed by atoms with Crippen LogP contribution in [0, 0.1) is 6.92 Å². The van der Waals surface area contributed by atoms with E-state index in [2.05, 4.69) is 22.4 Å². The van der Waals surface area contributed by atoms with E-state index >= 15 is 0 Å². The maximum Gasteiger partial charge on any atom is 0.318 e. The fourth-order valence-electron chi connectivity index (χ4n) is 3.29. The van der Waals surface area contributed by atoms with Gasteiger partial charge in [-0.2, -0.15) is 0 Å². The third kappa shape index (κ3) is 3.76. The van der Waals surface area contributed by atoms with Gasteiger partial charge in [-0.05, 0) is 37.3 Å². The number of aryl methyl sites for hydroxylation is 2. The molecule has 2 amide bonds. The van der Waals surface area contributed by atoms with Crippen LogP contribution in [0.2, 0.25) is 0 Å². The average Bonchev–Trinajstić information content (AvgIpc) is 3.02. The third-order valence-electron chi connectivity index (χ3n) is 4.38. The van der Waals surface area contributed by atoms with Crippen LogP contribution < -0.4 is 5.32 Å². The Hall–Kier alpha value is -1.92. The minimum Gasteiger partial charge on any atom is -0.395 e. The molecule has 3 rings (SSSR count). The molecule has 0 fully saturated rings. The van der Waals surface area contributed by atoms with Gasteiger partial charge < -0.3 is 15.3 Å². The van der Waals surface area contributed by atoms with Gasteiger partial charge in [0.05, 0.1) is 19.2 Å². The van der Waals surface area contributed by atoms with Gasteiger partial charge in [-0.25, -0.2) is 9.78 Å². The van der Waals surface area contributed by atoms with Gasteiger partial charge in [0.25, 0.3) is 0 Å². The summed E-state index contributed by atoms with van der Waals surface area (Å²) in [4.78, 5) is 19.9. The molecule has 0 spiro atoms. The van der Waals surface area contributed by atoms with Gasteiger partial charge in [0, 0.05) is 17.6 Å². The highest BCUT2D eigenvalue weighted by Crippen LogP contribution is 2.34. The van der Waals surface area contributed by atoms with E-state index in [-0.39, 0.29) is 18.7 Å². The highest BCUT2D eigenvalue weighted by molar-refractivity contribution is 7.11. The highest BCUT2D eigenvalue weighted by atomic mass is 32.1. The molecular weight excluding hydrogens is 322 g/mol. The van der Waals surface area contributed by atoms with Crippen LogP contribution in [0.15, 0.2) is 30.5 Å². The Morgan fingerprint density at radius 1 is 1.46 bits per heavy atom. The van der Waals surface area contributed by atoms with Crippen LogP contribution in [-0.2, 0) is 13.0 Å². The smallest absolute Gasteiger partial charge is 0.318 e. The van der Waals surface area contributed by atoms with Crippen molar-refractivity contribution in [2.45, 2.75) is 38.8 Å². The number of thiazole rings is 1. The summed E-state index contributed by atoms with van der Waals surface area (Å²) >= 11 is 1.59. The summed E-state index contributed by atoms with van der Waals surface area (Å²) in [5.41, 5.74) is 2.51. The number of nitrogens with one attached hydrogen (secondary N) is 1. The molecule has 0 saturated heterocycles. The molecule has 1 atom stereocenters. The fourth-order valence-corrected chi connectivity index (χ4v) is 4.02. The van der Waals surface area contributed by atoms with Gasteiger partial charge in [-0.3, -0.25) is 0 Å². The molecule has 0 radical (unpaired) electrons. The van der Waals surface area contributed by atoms with Crippen molar-refractivity contribution in [1.82, 2.24) is 15.2 Å². The van der Waals surface area contributed by atoms with Gasteiger partial charge in [-0.15, -0.1) is 11.3 Å². The van der Waals surface area contributed by atoms with E-state index in [1.54, 1.807) is 16.2 Å². The lowest BCUT2D eigenvalue weighted by molar-refractivity contribution is 0.144. The van der Waals surface area contributed by atoms with Crippen LogP contribution in [0.1, 0.15) is 39.9 Å². The zero-order chi connectivity index (χ0) is 16.9. The van der Waals surface area contributed by atoms with Crippen molar-refractivity contribution in [3.05, 3.63) is 51.5 Å². The molecule has 1 unspecified atom stereocenters. The number of aliphatic hydroxyl groups excluding tert-OH is 1. The highest BCUT2D eigenvalue weighted by Gasteiger charge is 2.28. The van der Waals surface area contributed by atoms with Crippen molar-refractivity contribution in [3.8, 4) is 0 Å². The zero-order valence-corrected chi connectivity index (χ0v) is 14.7. The number of nitrogens with zero attached hydrogens (tertiary/aromatic N) is 2. The summed E-state index contributed by atoms with van der Waals surface area (Å²) < 4.78 is 0. The molecule has 0 saturated carbocycles. The average molecular weight is 345 g/mol. The summed E-state index contributed by atoms with van der Waals surface area (Å²) in [6.07, 6.45) is 4.86. The van der Waals surface area contributed by atoms with Crippen molar-refractivity contribution in [1.29, 1.82) is 0 Å². The largest absolute Gasteiger partial charge is 0.395 e. The van der Waals surface area contributed by atoms with Crippen LogP contribution >= 0.6 is 11.3 Å². The maximum atomic E-state index is 12.7. The first-order valence-corrected chi connectivity index (χ1v) is 9.15. The Labute approximate surface area is 146 Å². The maximum absolute atomic E-state index is 12.7. The SMILES string of the molecule is Cc1cnc(CNC(=O)N(CCO)C2CCCc3ccccc32)s1. The van der Waals surface area contributed by atoms with E-state index in [0.29, 0.717) is 13.1 Å². The molecular formula is C18H23N3O2S. The zero-order valence-electron chi connectivity index (χ0n) is 13.9. The van der Waals surface area contributed by atoms with E-state index in [9.17, 15) is 9.90 Å². The Morgan fingerprint density at radius 3 is 3.04 bits per heavy atom. The van der Waals surface area contributed by atoms with E-state index < -0.39 is 0 Å². The topological polar surface area (TPSA) is 65.5 Å². The first-order chi connectivity index (χ1) is 11.7. The standard InChI is InChI=1S/C18H23N3O2S/c1-13-11-19-17(24-13)12-20-18(23)21(9-10-22)16-8-4-6-14-5-2-3-7-15(14)16/h2-3,5,7,11,16,22H,4,6,8-10,12H2,1H3,(H,20,23). The van der Waals surface area contributed by atoms with E-state index in [0.717, 1.165) is 29.1 Å². The van der Waals surface area contributed by atoms with Gasteiger partial charge >= 0.3 is 6.03 Å². The number of urea groups is 1. The molecule has 0 bridgehead atoms. The van der Waals surface area contributed by atoms with E-state index in [4.69, 9.17) is 0 Å². The van der Waals surface area contributed by atoms with Gasteiger partial charge in [0.15, 0.2) is 0 Å². The lowest BCUT2D eigenvalue weighted by atomic mass is 9.87. The second-order valence-electron chi connectivity index (χ2n) is 6.05. The first kappa shape index (κ1) is 16.9. The number of fused-ring (bicyclic) bond motifs is 1. The Balaban J connectivity index is 1.73. The molecule has 6 heteroatoms. The lowest BCUT2D eigenvalue weighted by Crippen LogP contribution is -2.44. The lowest BCUT2D eigenvalue weighted by Gasteiger charge is -2.35. The molecule has 1 aromatic heterocycles. The number of hydrogen-bond acceptors (Lipinski definition) is 4. The van der Waals surface area contributed by atoms with Gasteiger partial charge in [0.1, 0.15) is 5.01 Å². The number of carbonyl (C=O) groups is 1. The summed E-state index contributed by atoms with van der Waals surface area (Å²) in [5, 5.41) is 13.3. The number of rotatable bonds is 5. The van der Waals surface area contributed by atoms with Crippen LogP contribution in [-0.4, -0.2) is 34.2 Å². The molecule has 1 aromatic carbocycles. The molecule has 24 heavy (non-hydrogen) atoms. The number of hydrogen-bond donors (Lipinski definition) is 2. The minimum atomic E-state index is -0.140. The quantitative estimate of drug-likeness (QED) is 0.875. The van der Waals surface area contributed by atoms with Crippen molar-refractivity contribution >= 4 is 17.4 Å². The Kier molecular flexibility index (Phi) is 5.48. The van der Waals surface area contributed by atoms with E-state index in [1.807, 2.05) is 25.3 Å². The molecule has 1 aliphatic rings. The predicted molar refractivity (Wildman–Crippen MR) is 95.0 cm³/mol. The third-order valence-corrected chi connectivity index (χ3v) is 5.29. The second kappa shape index (κ2) is 7.77. The summed E-state index contributed by atoms with van der Waals surface area (Å²) in [7, 11) is 0. The molecule has 5 nitrogen and oxygen atoms in total. The summed E-state index contributed by atoms with van der Waals surface area (Å²) in [6.45, 7) is 2.72. The van der Waals surface area contributed by atoms with Gasteiger partial charge in [-0.1, -0.05) is 24.3 Å². The van der Waals surface area contributed by atoms with Crippen molar-refractivity contribution in [2.75, 3.05) is 13.2 Å². The number of amides is 2. The summed E-state index contributed by atoms with van der Waals surface area (Å²) in [5.74, 6) is 0. The molecule has 128 valence electrons. The fraction of sp³-hybridized carbons (Fsp3) is 0.444. The molecule has 0 aliphatic heterocycles. The van der Waals surface area contributed by atoms with Crippen LogP contribution in [0.3, 0.4) is 0 Å². The summed E-state index contributed by atoms with van der Waals surface area (Å²) in [6, 6.07) is 8.18. The van der Waals surface area contributed by atoms with Crippen LogP contribution in [0.5, 0.6) is 0 Å². The first-order valence-electron chi connectivity index (χ1n) is 8.33. The predicted octanol–water partition coefficient (Wildman–Crippen LogP) is 3.03. The Morgan fingerprint density at radius 2 is 2.29 bits per heavy atom. The van der Waals surface area contributed by atoms with Crippen LogP contribution in [0.25, 0.3) is 0 Å². The normalized spacial score (nSPS) is 16.5. The molecule has 2 N–H and O–H groups in total. The molecule has 2 aromatic rings. The number of aromatic nitrogens is 1. The molecule has 1 heterocycles.